The minimum Gasteiger partial charge on any atom is -0.449 e. The predicted octanol–water partition coefficient (Wildman–Crippen LogP) is 3.01. The third-order valence-electron chi connectivity index (χ3n) is 5.01. The minimum atomic E-state index is -0.376. The largest absolute Gasteiger partial charge is 0.449 e. The molecule has 1 fully saturated rings. The third kappa shape index (κ3) is 2.24. The number of nitrogens with one attached hydrogen (secondary N) is 1. The number of hydrogen-bond acceptors (Lipinski definition) is 4. The van der Waals surface area contributed by atoms with E-state index in [0.29, 0.717) is 12.8 Å². The lowest BCUT2D eigenvalue weighted by molar-refractivity contribution is 0.161. The van der Waals surface area contributed by atoms with Crippen molar-refractivity contribution in [2.45, 2.75) is 38.3 Å². The summed E-state index contributed by atoms with van der Waals surface area (Å²) in [4.78, 5) is 16.5. The van der Waals surface area contributed by atoms with Gasteiger partial charge in [-0.05, 0) is 43.7 Å². The van der Waals surface area contributed by atoms with Gasteiger partial charge in [-0.1, -0.05) is 13.8 Å². The fourth-order valence-electron chi connectivity index (χ4n) is 4.00. The van der Waals surface area contributed by atoms with Gasteiger partial charge in [-0.3, -0.25) is 10.2 Å². The van der Waals surface area contributed by atoms with Crippen molar-refractivity contribution in [3.8, 4) is 0 Å². The van der Waals surface area contributed by atoms with Gasteiger partial charge in [0.15, 0.2) is 0 Å². The number of nitrogens with zero attached hydrogens (tertiary/aromatic N) is 2. The van der Waals surface area contributed by atoms with Crippen molar-refractivity contribution in [2.75, 3.05) is 37.5 Å². The quantitative estimate of drug-likeness (QED) is 0.932. The van der Waals surface area contributed by atoms with Crippen LogP contribution in [0.4, 0.5) is 16.2 Å². The molecule has 2 aliphatic rings. The first-order valence-corrected chi connectivity index (χ1v) is 7.98. The molecule has 1 aromatic rings. The fourth-order valence-corrected chi connectivity index (χ4v) is 4.00. The standard InChI is InChI=1S/C17H25N3O2/c1-5-10-22-16(21)18-12-6-7-14-13(11-12)17(2)8-9-19(3)15(17)20(14)4/h6-7,11,15H,5,8-10H2,1-4H3,(H,18,21)/t15-,17+/m0/s1. The van der Waals surface area contributed by atoms with Gasteiger partial charge in [0.05, 0.1) is 12.8 Å². The van der Waals surface area contributed by atoms with E-state index in [1.807, 2.05) is 13.0 Å². The van der Waals surface area contributed by atoms with Crippen LogP contribution in [0.2, 0.25) is 0 Å². The van der Waals surface area contributed by atoms with Crippen LogP contribution in [0, 0.1) is 0 Å². The Hall–Kier alpha value is -1.75. The Kier molecular flexibility index (Phi) is 3.77. The molecule has 2 heterocycles. The van der Waals surface area contributed by atoms with Gasteiger partial charge in [-0.25, -0.2) is 4.79 Å². The van der Waals surface area contributed by atoms with Crippen LogP contribution in [0.15, 0.2) is 18.2 Å². The molecular formula is C17H25N3O2. The highest BCUT2D eigenvalue weighted by molar-refractivity contribution is 5.85. The highest BCUT2D eigenvalue weighted by Crippen LogP contribution is 2.51. The van der Waals surface area contributed by atoms with Crippen molar-refractivity contribution in [3.63, 3.8) is 0 Å². The van der Waals surface area contributed by atoms with Gasteiger partial charge in [0.25, 0.3) is 0 Å². The van der Waals surface area contributed by atoms with E-state index in [1.54, 1.807) is 0 Å². The number of fused-ring (bicyclic) bond motifs is 3. The van der Waals surface area contributed by atoms with E-state index < -0.39 is 0 Å². The Balaban J connectivity index is 1.86. The van der Waals surface area contributed by atoms with Crippen LogP contribution in [-0.4, -0.2) is 44.4 Å². The number of ether oxygens (including phenoxy) is 1. The molecule has 1 N–H and O–H groups in total. The summed E-state index contributed by atoms with van der Waals surface area (Å²) in [5, 5.41) is 2.84. The Bertz CT molecular complexity index is 589. The molecule has 120 valence electrons. The van der Waals surface area contributed by atoms with Gasteiger partial charge < -0.3 is 9.64 Å². The topological polar surface area (TPSA) is 44.8 Å². The first kappa shape index (κ1) is 15.2. The molecule has 0 unspecified atom stereocenters. The number of likely N-dealkylation sites (N-methyl/N-ethyl adjacent to an activating group) is 2. The van der Waals surface area contributed by atoms with Crippen molar-refractivity contribution >= 4 is 17.5 Å². The van der Waals surface area contributed by atoms with Crippen molar-refractivity contribution in [2.24, 2.45) is 0 Å². The van der Waals surface area contributed by atoms with Gasteiger partial charge >= 0.3 is 6.09 Å². The van der Waals surface area contributed by atoms with Gasteiger partial charge in [0.2, 0.25) is 0 Å². The summed E-state index contributed by atoms with van der Waals surface area (Å²) >= 11 is 0. The van der Waals surface area contributed by atoms with E-state index >= 15 is 0 Å². The lowest BCUT2D eigenvalue weighted by Crippen LogP contribution is -2.45. The summed E-state index contributed by atoms with van der Waals surface area (Å²) in [6.45, 7) is 5.85. The maximum atomic E-state index is 11.7. The Morgan fingerprint density at radius 3 is 2.95 bits per heavy atom. The van der Waals surface area contributed by atoms with E-state index in [1.165, 1.54) is 11.3 Å². The maximum absolute atomic E-state index is 11.7. The number of benzene rings is 1. The molecule has 1 aromatic carbocycles. The molecule has 5 nitrogen and oxygen atoms in total. The summed E-state index contributed by atoms with van der Waals surface area (Å²) in [6, 6.07) is 6.16. The van der Waals surface area contributed by atoms with Crippen molar-refractivity contribution in [1.82, 2.24) is 4.90 Å². The minimum absolute atomic E-state index is 0.115. The average molecular weight is 303 g/mol. The highest BCUT2D eigenvalue weighted by Gasteiger charge is 2.52. The van der Waals surface area contributed by atoms with E-state index in [4.69, 9.17) is 4.74 Å². The van der Waals surface area contributed by atoms with Gasteiger partial charge in [0.1, 0.15) is 0 Å². The van der Waals surface area contributed by atoms with Crippen LogP contribution < -0.4 is 10.2 Å². The molecule has 0 aliphatic carbocycles. The normalized spacial score (nSPS) is 26.7. The number of hydrogen-bond donors (Lipinski definition) is 1. The lowest BCUT2D eigenvalue weighted by atomic mass is 9.81. The summed E-state index contributed by atoms with van der Waals surface area (Å²) < 4.78 is 5.10. The Morgan fingerprint density at radius 2 is 2.23 bits per heavy atom. The number of likely N-dealkylation sites (tertiary alicyclic amines) is 1. The van der Waals surface area contributed by atoms with Gasteiger partial charge in [0, 0.05) is 30.4 Å². The van der Waals surface area contributed by atoms with Crippen LogP contribution in [0.1, 0.15) is 32.3 Å². The van der Waals surface area contributed by atoms with Crippen LogP contribution in [0.25, 0.3) is 0 Å². The van der Waals surface area contributed by atoms with Gasteiger partial charge in [-0.15, -0.1) is 0 Å². The Morgan fingerprint density at radius 1 is 1.45 bits per heavy atom. The van der Waals surface area contributed by atoms with E-state index in [2.05, 4.69) is 48.3 Å². The second-order valence-electron chi connectivity index (χ2n) is 6.63. The molecule has 0 saturated carbocycles. The number of amides is 1. The zero-order chi connectivity index (χ0) is 15.9. The van der Waals surface area contributed by atoms with Crippen LogP contribution in [-0.2, 0) is 10.2 Å². The molecule has 1 saturated heterocycles. The highest BCUT2D eigenvalue weighted by atomic mass is 16.5. The molecule has 2 aliphatic heterocycles. The molecule has 3 rings (SSSR count). The predicted molar refractivity (Wildman–Crippen MR) is 88.5 cm³/mol. The molecule has 1 amide bonds. The SMILES string of the molecule is CCCOC(=O)Nc1ccc2c(c1)[C@@]1(C)CCN(C)[C@H]1N2C. The molecule has 0 radical (unpaired) electrons. The molecule has 22 heavy (non-hydrogen) atoms. The summed E-state index contributed by atoms with van der Waals surface area (Å²) in [5.41, 5.74) is 3.50. The second-order valence-corrected chi connectivity index (χ2v) is 6.63. The zero-order valence-corrected chi connectivity index (χ0v) is 13.8. The van der Waals surface area contributed by atoms with Crippen molar-refractivity contribution in [1.29, 1.82) is 0 Å². The maximum Gasteiger partial charge on any atom is 0.411 e. The van der Waals surface area contributed by atoms with Crippen LogP contribution in [0.3, 0.4) is 0 Å². The first-order chi connectivity index (χ1) is 10.5. The van der Waals surface area contributed by atoms with E-state index in [9.17, 15) is 4.79 Å². The number of carbonyl (C=O) groups is 1. The van der Waals surface area contributed by atoms with E-state index in [-0.39, 0.29) is 11.5 Å². The molecular weight excluding hydrogens is 278 g/mol. The molecule has 2 atom stereocenters. The summed E-state index contributed by atoms with van der Waals surface area (Å²) in [7, 11) is 4.33. The average Bonchev–Trinajstić information content (AvgIpc) is 2.91. The lowest BCUT2D eigenvalue weighted by Gasteiger charge is -2.32. The zero-order valence-electron chi connectivity index (χ0n) is 13.8. The summed E-state index contributed by atoms with van der Waals surface area (Å²) in [5.74, 6) is 0. The Labute approximate surface area is 132 Å². The molecule has 5 heteroatoms. The second kappa shape index (κ2) is 5.47. The van der Waals surface area contributed by atoms with Gasteiger partial charge in [-0.2, -0.15) is 0 Å². The number of carbonyl (C=O) groups excluding carboxylic acids is 1. The van der Waals surface area contributed by atoms with Crippen LogP contribution >= 0.6 is 0 Å². The molecule has 0 spiro atoms. The number of anilines is 2. The smallest absolute Gasteiger partial charge is 0.411 e. The van der Waals surface area contributed by atoms with E-state index in [0.717, 1.165) is 25.1 Å². The number of rotatable bonds is 3. The van der Waals surface area contributed by atoms with Crippen LogP contribution in [0.5, 0.6) is 0 Å². The monoisotopic (exact) mass is 303 g/mol. The molecule has 0 aromatic heterocycles. The van der Waals surface area contributed by atoms with Crippen molar-refractivity contribution in [3.05, 3.63) is 23.8 Å². The first-order valence-electron chi connectivity index (χ1n) is 7.98. The molecule has 0 bridgehead atoms. The summed E-state index contributed by atoms with van der Waals surface area (Å²) in [6.07, 6.45) is 1.98. The fraction of sp³-hybridized carbons (Fsp3) is 0.588. The van der Waals surface area contributed by atoms with Crippen molar-refractivity contribution < 1.29 is 9.53 Å². The third-order valence-corrected chi connectivity index (χ3v) is 5.01.